The van der Waals surface area contributed by atoms with E-state index in [2.05, 4.69) is 16.0 Å². The molecule has 5 aromatic rings. The number of aromatic nitrogens is 1. The van der Waals surface area contributed by atoms with Crippen LogP contribution in [0.25, 0.3) is 11.5 Å². The van der Waals surface area contributed by atoms with Crippen LogP contribution in [0.5, 0.6) is 5.75 Å². The zero-order chi connectivity index (χ0) is 30.0. The molecule has 0 radical (unpaired) electrons. The first-order chi connectivity index (χ1) is 21.0. The average molecular weight is 575 g/mol. The number of oxazole rings is 1. The Balaban J connectivity index is 1.29. The summed E-state index contributed by atoms with van der Waals surface area (Å²) in [4.78, 5) is 17.9. The van der Waals surface area contributed by atoms with Gasteiger partial charge >= 0.3 is 5.91 Å². The van der Waals surface area contributed by atoms with Crippen molar-refractivity contribution in [3.8, 4) is 17.2 Å². The van der Waals surface area contributed by atoms with Crippen LogP contribution in [0.15, 0.2) is 131 Å². The molecule has 6 N–H and O–H groups in total. The highest BCUT2D eigenvalue weighted by Gasteiger charge is 2.21. The SMILES string of the molecule is Cc1oc(-c2ccccc2)nc1CCOc1cccc(C/C(=C(/[NH3+])C(=O)Nc2ccccc2)N(N)Cc2ccccc2)c1. The number of allylic oxidation sites excluding steroid dienone is 1. The number of amides is 1. The van der Waals surface area contributed by atoms with E-state index >= 15 is 0 Å². The molecule has 0 aliphatic heterocycles. The number of hydrogen-bond acceptors (Lipinski definition) is 6. The van der Waals surface area contributed by atoms with Crippen LogP contribution in [0.3, 0.4) is 0 Å². The van der Waals surface area contributed by atoms with E-state index in [0.29, 0.717) is 54.7 Å². The van der Waals surface area contributed by atoms with E-state index in [4.69, 9.17) is 15.0 Å². The molecule has 0 saturated carbocycles. The monoisotopic (exact) mass is 574 g/mol. The topological polar surface area (TPSA) is 121 Å². The summed E-state index contributed by atoms with van der Waals surface area (Å²) < 4.78 is 12.0. The van der Waals surface area contributed by atoms with Gasteiger partial charge in [0.2, 0.25) is 11.6 Å². The molecule has 0 fully saturated rings. The van der Waals surface area contributed by atoms with Crippen molar-refractivity contribution < 1.29 is 19.7 Å². The van der Waals surface area contributed by atoms with Crippen LogP contribution in [0.4, 0.5) is 5.69 Å². The minimum absolute atomic E-state index is 0.296. The quantitative estimate of drug-likeness (QED) is 0.106. The number of hydrogen-bond donors (Lipinski definition) is 3. The van der Waals surface area contributed by atoms with Gasteiger partial charge in [0.15, 0.2) is 0 Å². The number of benzene rings is 4. The van der Waals surface area contributed by atoms with Gasteiger partial charge in [-0.1, -0.05) is 78.9 Å². The van der Waals surface area contributed by atoms with E-state index < -0.39 is 0 Å². The summed E-state index contributed by atoms with van der Waals surface area (Å²) in [6.45, 7) is 2.78. The molecule has 4 aromatic carbocycles. The number of nitrogens with two attached hydrogens (primary N) is 1. The lowest BCUT2D eigenvalue weighted by Crippen LogP contribution is -2.56. The van der Waals surface area contributed by atoms with Crippen LogP contribution in [0, 0.1) is 6.92 Å². The fourth-order valence-electron chi connectivity index (χ4n) is 4.68. The maximum atomic E-state index is 13.2. The first-order valence-corrected chi connectivity index (χ1v) is 14.2. The number of nitrogens with one attached hydrogen (secondary N) is 1. The van der Waals surface area contributed by atoms with E-state index in [1.807, 2.05) is 122 Å². The number of quaternary nitrogens is 1. The molecule has 8 nitrogen and oxygen atoms in total. The zero-order valence-corrected chi connectivity index (χ0v) is 24.2. The third-order valence-corrected chi connectivity index (χ3v) is 6.99. The van der Waals surface area contributed by atoms with Crippen LogP contribution in [0.1, 0.15) is 22.6 Å². The summed E-state index contributed by atoms with van der Waals surface area (Å²) in [6, 6.07) is 36.8. The second-order valence-corrected chi connectivity index (χ2v) is 10.2. The fraction of sp³-hybridized carbons (Fsp3) is 0.143. The van der Waals surface area contributed by atoms with E-state index in [-0.39, 0.29) is 5.91 Å². The van der Waals surface area contributed by atoms with Gasteiger partial charge in [0.25, 0.3) is 0 Å². The fourth-order valence-corrected chi connectivity index (χ4v) is 4.68. The molecule has 1 aromatic heterocycles. The molecule has 218 valence electrons. The second-order valence-electron chi connectivity index (χ2n) is 10.2. The van der Waals surface area contributed by atoms with Crippen molar-refractivity contribution in [2.75, 3.05) is 11.9 Å². The van der Waals surface area contributed by atoms with Gasteiger partial charge < -0.3 is 25.2 Å². The van der Waals surface area contributed by atoms with E-state index in [1.54, 1.807) is 5.01 Å². The highest BCUT2D eigenvalue weighted by atomic mass is 16.5. The third kappa shape index (κ3) is 7.97. The Bertz CT molecular complexity index is 1670. The molecular weight excluding hydrogens is 538 g/mol. The summed E-state index contributed by atoms with van der Waals surface area (Å²) in [5.74, 6) is 8.37. The van der Waals surface area contributed by atoms with Crippen molar-refractivity contribution in [3.05, 3.63) is 149 Å². The van der Waals surface area contributed by atoms with Gasteiger partial charge in [-0.2, -0.15) is 0 Å². The molecule has 0 bridgehead atoms. The van der Waals surface area contributed by atoms with E-state index in [1.165, 1.54) is 0 Å². The largest absolute Gasteiger partial charge is 0.493 e. The summed E-state index contributed by atoms with van der Waals surface area (Å²) >= 11 is 0. The predicted octanol–water partition coefficient (Wildman–Crippen LogP) is 5.28. The van der Waals surface area contributed by atoms with Gasteiger partial charge in [-0.15, -0.1) is 0 Å². The highest BCUT2D eigenvalue weighted by Crippen LogP contribution is 2.23. The number of rotatable bonds is 12. The van der Waals surface area contributed by atoms with Crippen LogP contribution in [0.2, 0.25) is 0 Å². The number of aryl methyl sites for hydroxylation is 1. The summed E-state index contributed by atoms with van der Waals surface area (Å²) in [7, 11) is 0. The van der Waals surface area contributed by atoms with Crippen molar-refractivity contribution in [2.45, 2.75) is 26.3 Å². The Hall–Kier alpha value is -5.18. The number of carbonyl (C=O) groups is 1. The number of para-hydroxylation sites is 1. The molecule has 0 aliphatic rings. The number of nitrogens with zero attached hydrogens (tertiary/aromatic N) is 2. The first-order valence-electron chi connectivity index (χ1n) is 14.2. The summed E-state index contributed by atoms with van der Waals surface area (Å²) in [5, 5.41) is 4.51. The zero-order valence-electron chi connectivity index (χ0n) is 24.2. The highest BCUT2D eigenvalue weighted by molar-refractivity contribution is 6.02. The molecule has 0 atom stereocenters. The molecule has 0 spiro atoms. The Labute approximate surface area is 251 Å². The number of ether oxygens (including phenoxy) is 1. The van der Waals surface area contributed by atoms with Gasteiger partial charge in [0.1, 0.15) is 17.2 Å². The lowest BCUT2D eigenvalue weighted by molar-refractivity contribution is -0.301. The molecule has 0 aliphatic carbocycles. The number of hydrazine groups is 1. The molecule has 43 heavy (non-hydrogen) atoms. The minimum atomic E-state index is -0.310. The predicted molar refractivity (Wildman–Crippen MR) is 167 cm³/mol. The Kier molecular flexibility index (Phi) is 9.63. The van der Waals surface area contributed by atoms with E-state index in [0.717, 1.165) is 28.1 Å². The van der Waals surface area contributed by atoms with Gasteiger partial charge in [-0.25, -0.2) is 10.8 Å². The first kappa shape index (κ1) is 29.3. The Morgan fingerprint density at radius 1 is 0.907 bits per heavy atom. The van der Waals surface area contributed by atoms with Crippen LogP contribution in [-0.2, 0) is 24.2 Å². The third-order valence-electron chi connectivity index (χ3n) is 6.99. The lowest BCUT2D eigenvalue weighted by Gasteiger charge is -2.23. The lowest BCUT2D eigenvalue weighted by atomic mass is 10.1. The molecule has 1 amide bonds. The normalized spacial score (nSPS) is 11.5. The van der Waals surface area contributed by atoms with Gasteiger partial charge in [0, 0.05) is 24.1 Å². The maximum absolute atomic E-state index is 13.2. The van der Waals surface area contributed by atoms with Crippen molar-refractivity contribution in [1.82, 2.24) is 9.99 Å². The Morgan fingerprint density at radius 3 is 2.28 bits per heavy atom. The second kappa shape index (κ2) is 14.1. The molecular formula is C35H36N5O3+. The smallest absolute Gasteiger partial charge is 0.311 e. The molecule has 0 saturated heterocycles. The molecule has 5 rings (SSSR count). The van der Waals surface area contributed by atoms with Crippen molar-refractivity contribution in [2.24, 2.45) is 5.84 Å². The van der Waals surface area contributed by atoms with Crippen LogP contribution >= 0.6 is 0 Å². The standard InChI is InChI=1S/C35H35N5O3/c1-25-31(39-35(43-25)28-15-7-3-8-16-28)20-21-42-30-19-11-14-27(22-30)23-32(40(37)24-26-12-5-2-6-13-26)33(36)34(41)38-29-17-9-4-10-18-29/h2-19,22H,20-21,23-24,36-37H2,1H3,(H,38,41)/p+1/b33-32-. The number of anilines is 1. The van der Waals surface area contributed by atoms with Gasteiger partial charge in [-0.3, -0.25) is 4.79 Å². The molecule has 0 unspecified atom stereocenters. The minimum Gasteiger partial charge on any atom is -0.493 e. The van der Waals surface area contributed by atoms with Crippen molar-refractivity contribution in [1.29, 1.82) is 0 Å². The molecule has 1 heterocycles. The summed E-state index contributed by atoms with van der Waals surface area (Å²) in [6.07, 6.45) is 0.998. The van der Waals surface area contributed by atoms with Gasteiger partial charge in [0.05, 0.1) is 18.8 Å². The van der Waals surface area contributed by atoms with E-state index in [9.17, 15) is 4.79 Å². The average Bonchev–Trinajstić information content (AvgIpc) is 3.41. The Morgan fingerprint density at radius 2 is 1.56 bits per heavy atom. The van der Waals surface area contributed by atoms with Crippen molar-refractivity contribution in [3.63, 3.8) is 0 Å². The van der Waals surface area contributed by atoms with Crippen LogP contribution < -0.4 is 21.6 Å². The van der Waals surface area contributed by atoms with Crippen LogP contribution in [-0.4, -0.2) is 22.5 Å². The summed E-state index contributed by atoms with van der Waals surface area (Å²) in [5.41, 5.74) is 9.50. The van der Waals surface area contributed by atoms with Gasteiger partial charge in [-0.05, 0) is 54.4 Å². The molecule has 8 heteroatoms. The van der Waals surface area contributed by atoms with Crippen molar-refractivity contribution >= 4 is 11.6 Å². The maximum Gasteiger partial charge on any atom is 0.311 e. The number of carbonyl (C=O) groups excluding carboxylic acids is 1.